The lowest BCUT2D eigenvalue weighted by molar-refractivity contribution is -0.130. The minimum atomic E-state index is -0.736. The average molecular weight is 345 g/mol. The largest absolute Gasteiger partial charge is 0.481 e. The molecule has 1 aromatic heterocycles. The lowest BCUT2D eigenvalue weighted by Crippen LogP contribution is -2.41. The van der Waals surface area contributed by atoms with Crippen molar-refractivity contribution in [3.05, 3.63) is 42.0 Å². The summed E-state index contributed by atoms with van der Waals surface area (Å²) < 4.78 is 15.9. The van der Waals surface area contributed by atoms with E-state index in [9.17, 15) is 4.79 Å². The Bertz CT molecular complexity index is 670. The number of nitrogens with zero attached hydrogens (tertiary/aromatic N) is 2. The van der Waals surface area contributed by atoms with Gasteiger partial charge in [-0.05, 0) is 11.5 Å². The Kier molecular flexibility index (Phi) is 6.56. The van der Waals surface area contributed by atoms with Crippen LogP contribution in [0, 0.1) is 5.92 Å². The van der Waals surface area contributed by atoms with Gasteiger partial charge in [-0.25, -0.2) is 0 Å². The van der Waals surface area contributed by atoms with E-state index in [4.69, 9.17) is 14.2 Å². The quantitative estimate of drug-likeness (QED) is 0.790. The first-order chi connectivity index (χ1) is 12.0. The number of rotatable bonds is 8. The van der Waals surface area contributed by atoms with E-state index in [0.717, 1.165) is 5.56 Å². The summed E-state index contributed by atoms with van der Waals surface area (Å²) >= 11 is 0. The number of methoxy groups -OCH3 is 2. The number of hydrogen-bond donors (Lipinski definition) is 1. The van der Waals surface area contributed by atoms with Crippen molar-refractivity contribution in [3.63, 3.8) is 0 Å². The van der Waals surface area contributed by atoms with Crippen LogP contribution >= 0.6 is 0 Å². The van der Waals surface area contributed by atoms with Crippen molar-refractivity contribution in [2.45, 2.75) is 26.5 Å². The second-order valence-corrected chi connectivity index (χ2v) is 5.72. The van der Waals surface area contributed by atoms with Crippen molar-refractivity contribution in [1.82, 2.24) is 15.3 Å². The van der Waals surface area contributed by atoms with Gasteiger partial charge in [-0.15, -0.1) is 0 Å². The fourth-order valence-corrected chi connectivity index (χ4v) is 2.14. The third kappa shape index (κ3) is 5.34. The first-order valence-corrected chi connectivity index (χ1v) is 7.98. The summed E-state index contributed by atoms with van der Waals surface area (Å²) in [5.74, 6) is 0.295. The smallest absolute Gasteiger partial charge is 0.323 e. The molecule has 0 aliphatic heterocycles. The normalized spacial score (nSPS) is 11.7. The second-order valence-electron chi connectivity index (χ2n) is 5.72. The molecule has 0 radical (unpaired) electrons. The zero-order valence-electron chi connectivity index (χ0n) is 14.9. The Morgan fingerprint density at radius 3 is 2.20 bits per heavy atom. The number of benzene rings is 1. The van der Waals surface area contributed by atoms with Crippen LogP contribution < -0.4 is 19.5 Å². The number of amides is 1. The van der Waals surface area contributed by atoms with Crippen molar-refractivity contribution in [3.8, 4) is 17.8 Å². The Morgan fingerprint density at radius 1 is 1.08 bits per heavy atom. The van der Waals surface area contributed by atoms with E-state index < -0.39 is 6.10 Å². The molecule has 1 N–H and O–H groups in total. The van der Waals surface area contributed by atoms with Gasteiger partial charge in [0.05, 0.1) is 20.3 Å². The summed E-state index contributed by atoms with van der Waals surface area (Å²) in [5.41, 5.74) is 1.01. The third-order valence-corrected chi connectivity index (χ3v) is 3.48. The number of carbonyl (C=O) groups is 1. The van der Waals surface area contributed by atoms with Gasteiger partial charge in [-0.1, -0.05) is 44.2 Å². The van der Waals surface area contributed by atoms with Gasteiger partial charge in [-0.3, -0.25) is 4.79 Å². The number of ether oxygens (including phenoxy) is 3. The van der Waals surface area contributed by atoms with Gasteiger partial charge in [0.2, 0.25) is 11.8 Å². The van der Waals surface area contributed by atoms with Gasteiger partial charge >= 0.3 is 6.01 Å². The van der Waals surface area contributed by atoms with Crippen LogP contribution in [0.2, 0.25) is 0 Å². The summed E-state index contributed by atoms with van der Waals surface area (Å²) in [6.07, 6.45) is -0.736. The zero-order chi connectivity index (χ0) is 18.2. The fraction of sp³-hybridized carbons (Fsp3) is 0.389. The average Bonchev–Trinajstić information content (AvgIpc) is 2.64. The van der Waals surface area contributed by atoms with Gasteiger partial charge in [-0.2, -0.15) is 9.97 Å². The van der Waals surface area contributed by atoms with E-state index >= 15 is 0 Å². The first-order valence-electron chi connectivity index (χ1n) is 7.98. The number of carbonyl (C=O) groups excluding carboxylic acids is 1. The molecule has 1 unspecified atom stereocenters. The monoisotopic (exact) mass is 345 g/mol. The topological polar surface area (TPSA) is 82.6 Å². The molecular weight excluding hydrogens is 322 g/mol. The second kappa shape index (κ2) is 8.86. The van der Waals surface area contributed by atoms with E-state index in [1.165, 1.54) is 20.3 Å². The number of hydrogen-bond acceptors (Lipinski definition) is 6. The molecule has 1 atom stereocenters. The maximum Gasteiger partial charge on any atom is 0.323 e. The maximum absolute atomic E-state index is 12.5. The van der Waals surface area contributed by atoms with Gasteiger partial charge in [0.15, 0.2) is 6.10 Å². The minimum Gasteiger partial charge on any atom is -0.481 e. The summed E-state index contributed by atoms with van der Waals surface area (Å²) in [5, 5.41) is 2.88. The standard InChI is InChI=1S/C18H23N3O4/c1-12(2)16(17(22)19-11-13-8-6-5-7-9-13)25-18-20-14(23-3)10-15(21-18)24-4/h5-10,12,16H,11H2,1-4H3,(H,19,22). The van der Waals surface area contributed by atoms with E-state index in [1.54, 1.807) is 0 Å². The van der Waals surface area contributed by atoms with Crippen LogP contribution in [0.1, 0.15) is 19.4 Å². The molecule has 1 amide bonds. The lowest BCUT2D eigenvalue weighted by atomic mass is 10.1. The summed E-state index contributed by atoms with van der Waals surface area (Å²) in [6.45, 7) is 4.21. The van der Waals surface area contributed by atoms with Gasteiger partial charge in [0.1, 0.15) is 0 Å². The maximum atomic E-state index is 12.5. The van der Waals surface area contributed by atoms with Crippen molar-refractivity contribution < 1.29 is 19.0 Å². The van der Waals surface area contributed by atoms with Crippen LogP contribution in [0.4, 0.5) is 0 Å². The van der Waals surface area contributed by atoms with E-state index in [-0.39, 0.29) is 17.8 Å². The zero-order valence-corrected chi connectivity index (χ0v) is 14.9. The molecule has 0 aliphatic rings. The van der Waals surface area contributed by atoms with Gasteiger partial charge in [0, 0.05) is 6.54 Å². The molecule has 0 aliphatic carbocycles. The molecule has 0 spiro atoms. The van der Waals surface area contributed by atoms with Gasteiger partial charge in [0.25, 0.3) is 5.91 Å². The number of aromatic nitrogens is 2. The number of nitrogens with one attached hydrogen (secondary N) is 1. The summed E-state index contributed by atoms with van der Waals surface area (Å²) in [6, 6.07) is 11.2. The Morgan fingerprint density at radius 2 is 1.68 bits per heavy atom. The molecule has 7 nitrogen and oxygen atoms in total. The summed E-state index contributed by atoms with van der Waals surface area (Å²) in [4.78, 5) is 20.7. The predicted molar refractivity (Wildman–Crippen MR) is 92.7 cm³/mol. The van der Waals surface area contributed by atoms with Crippen molar-refractivity contribution in [1.29, 1.82) is 0 Å². The molecule has 25 heavy (non-hydrogen) atoms. The first kappa shape index (κ1) is 18.5. The molecule has 134 valence electrons. The van der Waals surface area contributed by atoms with Crippen LogP contribution in [0.25, 0.3) is 0 Å². The van der Waals surface area contributed by atoms with Crippen molar-refractivity contribution in [2.24, 2.45) is 5.92 Å². The molecule has 2 rings (SSSR count). The van der Waals surface area contributed by atoms with E-state index in [2.05, 4.69) is 15.3 Å². The van der Waals surface area contributed by atoms with Crippen LogP contribution in [0.5, 0.6) is 17.8 Å². The Hall–Kier alpha value is -2.83. The molecule has 2 aromatic rings. The highest BCUT2D eigenvalue weighted by Gasteiger charge is 2.25. The summed E-state index contributed by atoms with van der Waals surface area (Å²) in [7, 11) is 2.97. The van der Waals surface area contributed by atoms with Crippen LogP contribution in [0.15, 0.2) is 36.4 Å². The molecule has 7 heteroatoms. The molecule has 1 heterocycles. The highest BCUT2D eigenvalue weighted by molar-refractivity contribution is 5.81. The van der Waals surface area contributed by atoms with Crippen LogP contribution in [-0.2, 0) is 11.3 Å². The predicted octanol–water partition coefficient (Wildman–Crippen LogP) is 2.21. The van der Waals surface area contributed by atoms with E-state index in [1.807, 2.05) is 44.2 Å². The molecule has 0 saturated heterocycles. The molecule has 0 saturated carbocycles. The molecule has 0 bridgehead atoms. The highest BCUT2D eigenvalue weighted by Crippen LogP contribution is 2.21. The van der Waals surface area contributed by atoms with Crippen LogP contribution in [-0.4, -0.2) is 36.2 Å². The molecular formula is C18H23N3O4. The SMILES string of the molecule is COc1cc(OC)nc(OC(C(=O)NCc2ccccc2)C(C)C)n1. The van der Waals surface area contributed by atoms with Gasteiger partial charge < -0.3 is 19.5 Å². The van der Waals surface area contributed by atoms with Crippen LogP contribution in [0.3, 0.4) is 0 Å². The Labute approximate surface area is 147 Å². The highest BCUT2D eigenvalue weighted by atomic mass is 16.5. The molecule has 1 aromatic carbocycles. The van der Waals surface area contributed by atoms with Crippen molar-refractivity contribution >= 4 is 5.91 Å². The fourth-order valence-electron chi connectivity index (χ4n) is 2.14. The van der Waals surface area contributed by atoms with E-state index in [0.29, 0.717) is 18.3 Å². The van der Waals surface area contributed by atoms with Crippen molar-refractivity contribution in [2.75, 3.05) is 14.2 Å². The third-order valence-electron chi connectivity index (χ3n) is 3.48. The molecule has 0 fully saturated rings. The Balaban J connectivity index is 2.08. The lowest BCUT2D eigenvalue weighted by Gasteiger charge is -2.21. The minimum absolute atomic E-state index is 0.0322.